The van der Waals surface area contributed by atoms with Crippen LogP contribution in [0.4, 0.5) is 0 Å². The van der Waals surface area contributed by atoms with E-state index in [1.807, 2.05) is 0 Å². The first-order valence-corrected chi connectivity index (χ1v) is 6.40. The fourth-order valence-electron chi connectivity index (χ4n) is 2.51. The molecule has 9 nitrogen and oxygen atoms in total. The SMILES string of the molecule is COc1ncnc2c1ncn2[C@@H]1O[C@H](CO)[C@H](O)C1OC. The topological polar surface area (TPSA) is 112 Å². The van der Waals surface area contributed by atoms with Crippen LogP contribution in [-0.4, -0.2) is 68.9 Å². The van der Waals surface area contributed by atoms with Gasteiger partial charge in [0.2, 0.25) is 5.88 Å². The predicted molar refractivity (Wildman–Crippen MR) is 69.7 cm³/mol. The van der Waals surface area contributed by atoms with Gasteiger partial charge in [0.15, 0.2) is 17.4 Å². The Labute approximate surface area is 120 Å². The molecule has 3 heterocycles. The van der Waals surface area contributed by atoms with Gasteiger partial charge >= 0.3 is 0 Å². The molecule has 1 aliphatic heterocycles. The molecule has 0 aromatic carbocycles. The molecule has 2 N–H and O–H groups in total. The molecule has 0 saturated carbocycles. The molecule has 1 saturated heterocycles. The van der Waals surface area contributed by atoms with Crippen LogP contribution in [0.15, 0.2) is 12.7 Å². The summed E-state index contributed by atoms with van der Waals surface area (Å²) in [5.41, 5.74) is 0.986. The van der Waals surface area contributed by atoms with Gasteiger partial charge in [-0.15, -0.1) is 0 Å². The zero-order valence-corrected chi connectivity index (χ0v) is 11.6. The number of aliphatic hydroxyl groups is 2. The molecular weight excluding hydrogens is 280 g/mol. The molecule has 21 heavy (non-hydrogen) atoms. The summed E-state index contributed by atoms with van der Waals surface area (Å²) in [6.07, 6.45) is -0.0688. The molecule has 2 aromatic rings. The summed E-state index contributed by atoms with van der Waals surface area (Å²) in [6, 6.07) is 0. The van der Waals surface area contributed by atoms with E-state index in [9.17, 15) is 10.2 Å². The number of rotatable bonds is 4. The summed E-state index contributed by atoms with van der Waals surface area (Å²) >= 11 is 0. The number of imidazole rings is 1. The van der Waals surface area contributed by atoms with E-state index in [0.29, 0.717) is 17.0 Å². The highest BCUT2D eigenvalue weighted by atomic mass is 16.6. The summed E-state index contributed by atoms with van der Waals surface area (Å²) in [5, 5.41) is 19.3. The second-order valence-electron chi connectivity index (χ2n) is 4.65. The fraction of sp³-hybridized carbons (Fsp3) is 0.583. The molecule has 1 fully saturated rings. The Bertz CT molecular complexity index is 633. The van der Waals surface area contributed by atoms with Crippen LogP contribution in [0.2, 0.25) is 0 Å². The summed E-state index contributed by atoms with van der Waals surface area (Å²) in [7, 11) is 2.97. The van der Waals surface area contributed by atoms with Crippen molar-refractivity contribution in [2.24, 2.45) is 0 Å². The van der Waals surface area contributed by atoms with Crippen LogP contribution in [0.25, 0.3) is 11.2 Å². The molecule has 0 aliphatic carbocycles. The Morgan fingerprint density at radius 3 is 2.81 bits per heavy atom. The zero-order chi connectivity index (χ0) is 15.0. The molecule has 114 valence electrons. The number of hydrogen-bond donors (Lipinski definition) is 2. The molecule has 4 atom stereocenters. The summed E-state index contributed by atoms with van der Waals surface area (Å²) in [4.78, 5) is 12.4. The predicted octanol–water partition coefficient (Wildman–Crippen LogP) is -0.900. The maximum Gasteiger partial charge on any atom is 0.245 e. The minimum atomic E-state index is -0.939. The lowest BCUT2D eigenvalue weighted by Gasteiger charge is -2.19. The fourth-order valence-corrected chi connectivity index (χ4v) is 2.51. The average molecular weight is 296 g/mol. The number of methoxy groups -OCH3 is 2. The van der Waals surface area contributed by atoms with Crippen LogP contribution in [0.3, 0.4) is 0 Å². The van der Waals surface area contributed by atoms with Gasteiger partial charge in [0.1, 0.15) is 24.6 Å². The van der Waals surface area contributed by atoms with Crippen molar-refractivity contribution in [2.45, 2.75) is 24.5 Å². The average Bonchev–Trinajstić information content (AvgIpc) is 3.07. The molecule has 2 aromatic heterocycles. The zero-order valence-electron chi connectivity index (χ0n) is 11.6. The third-order valence-electron chi connectivity index (χ3n) is 3.56. The lowest BCUT2D eigenvalue weighted by atomic mass is 10.1. The maximum absolute atomic E-state index is 10.1. The Balaban J connectivity index is 2.04. The van der Waals surface area contributed by atoms with E-state index in [1.165, 1.54) is 26.9 Å². The van der Waals surface area contributed by atoms with E-state index in [-0.39, 0.29) is 6.61 Å². The second-order valence-corrected chi connectivity index (χ2v) is 4.65. The van der Waals surface area contributed by atoms with Crippen molar-refractivity contribution < 1.29 is 24.4 Å². The van der Waals surface area contributed by atoms with E-state index < -0.39 is 24.5 Å². The monoisotopic (exact) mass is 296 g/mol. The smallest absolute Gasteiger partial charge is 0.245 e. The first-order valence-electron chi connectivity index (χ1n) is 6.40. The van der Waals surface area contributed by atoms with Gasteiger partial charge in [0, 0.05) is 7.11 Å². The van der Waals surface area contributed by atoms with Crippen molar-refractivity contribution in [3.8, 4) is 5.88 Å². The van der Waals surface area contributed by atoms with Gasteiger partial charge in [-0.2, -0.15) is 4.98 Å². The number of nitrogens with zero attached hydrogens (tertiary/aromatic N) is 4. The van der Waals surface area contributed by atoms with Crippen molar-refractivity contribution in [1.82, 2.24) is 19.5 Å². The number of ether oxygens (including phenoxy) is 3. The Kier molecular flexibility index (Phi) is 3.72. The lowest BCUT2D eigenvalue weighted by molar-refractivity contribution is -0.0583. The molecule has 0 bridgehead atoms. The minimum Gasteiger partial charge on any atom is -0.479 e. The van der Waals surface area contributed by atoms with E-state index in [1.54, 1.807) is 4.57 Å². The number of hydrogen-bond acceptors (Lipinski definition) is 8. The Morgan fingerprint density at radius 2 is 2.14 bits per heavy atom. The second kappa shape index (κ2) is 5.53. The Hall–Kier alpha value is -1.81. The first kappa shape index (κ1) is 14.1. The highest BCUT2D eigenvalue weighted by molar-refractivity contribution is 5.76. The van der Waals surface area contributed by atoms with Gasteiger partial charge in [0.05, 0.1) is 20.0 Å². The Morgan fingerprint density at radius 1 is 1.33 bits per heavy atom. The third kappa shape index (κ3) is 2.14. The van der Waals surface area contributed by atoms with Crippen molar-refractivity contribution >= 4 is 11.2 Å². The van der Waals surface area contributed by atoms with E-state index >= 15 is 0 Å². The quantitative estimate of drug-likeness (QED) is 0.746. The molecular formula is C12H16N4O5. The van der Waals surface area contributed by atoms with Gasteiger partial charge in [-0.05, 0) is 0 Å². The normalized spacial score (nSPS) is 29.1. The van der Waals surface area contributed by atoms with Crippen molar-refractivity contribution in [2.75, 3.05) is 20.8 Å². The lowest BCUT2D eigenvalue weighted by Crippen LogP contribution is -2.34. The van der Waals surface area contributed by atoms with E-state index in [2.05, 4.69) is 15.0 Å². The standard InChI is InChI=1S/C12H16N4O5/c1-19-9-8(18)6(3-17)21-12(9)16-5-15-7-10(16)13-4-14-11(7)20-2/h4-6,8-9,12,17-18H,3H2,1-2H3/t6-,8+,9?,12-/m1/s1. The third-order valence-corrected chi connectivity index (χ3v) is 3.56. The van der Waals surface area contributed by atoms with Crippen LogP contribution >= 0.6 is 0 Å². The van der Waals surface area contributed by atoms with Crippen molar-refractivity contribution in [1.29, 1.82) is 0 Å². The minimum absolute atomic E-state index is 0.303. The highest BCUT2D eigenvalue weighted by Crippen LogP contribution is 2.33. The molecule has 0 amide bonds. The summed E-state index contributed by atoms with van der Waals surface area (Å²) in [5.74, 6) is 0.352. The molecule has 0 spiro atoms. The number of fused-ring (bicyclic) bond motifs is 1. The summed E-state index contributed by atoms with van der Waals surface area (Å²) in [6.45, 7) is -0.303. The highest BCUT2D eigenvalue weighted by Gasteiger charge is 2.45. The van der Waals surface area contributed by atoms with Crippen molar-refractivity contribution in [3.05, 3.63) is 12.7 Å². The van der Waals surface area contributed by atoms with Crippen LogP contribution in [0.5, 0.6) is 5.88 Å². The first-order chi connectivity index (χ1) is 10.2. The number of aliphatic hydroxyl groups excluding tert-OH is 2. The van der Waals surface area contributed by atoms with Crippen molar-refractivity contribution in [3.63, 3.8) is 0 Å². The summed E-state index contributed by atoms with van der Waals surface area (Å²) < 4.78 is 17.7. The van der Waals surface area contributed by atoms with Gasteiger partial charge in [-0.1, -0.05) is 0 Å². The van der Waals surface area contributed by atoms with Crippen LogP contribution in [0.1, 0.15) is 6.23 Å². The van der Waals surface area contributed by atoms with Gasteiger partial charge in [-0.25, -0.2) is 9.97 Å². The van der Waals surface area contributed by atoms with E-state index in [4.69, 9.17) is 14.2 Å². The van der Waals surface area contributed by atoms with Gasteiger partial charge in [-0.3, -0.25) is 4.57 Å². The van der Waals surface area contributed by atoms with Crippen LogP contribution in [0, 0.1) is 0 Å². The van der Waals surface area contributed by atoms with E-state index in [0.717, 1.165) is 0 Å². The largest absolute Gasteiger partial charge is 0.479 e. The van der Waals surface area contributed by atoms with Gasteiger partial charge in [0.25, 0.3) is 0 Å². The molecule has 0 radical (unpaired) electrons. The molecule has 1 unspecified atom stereocenters. The van der Waals surface area contributed by atoms with Crippen LogP contribution in [-0.2, 0) is 9.47 Å². The molecule has 1 aliphatic rings. The maximum atomic E-state index is 10.1. The molecule has 3 rings (SSSR count). The number of aromatic nitrogens is 4. The van der Waals surface area contributed by atoms with Crippen LogP contribution < -0.4 is 4.74 Å². The molecule has 9 heteroatoms. The van der Waals surface area contributed by atoms with Gasteiger partial charge < -0.3 is 24.4 Å².